The Balaban J connectivity index is 2.16. The van der Waals surface area contributed by atoms with E-state index in [9.17, 15) is 9.59 Å². The summed E-state index contributed by atoms with van der Waals surface area (Å²) in [5, 5.41) is 2.85. The normalized spacial score (nSPS) is 16.1. The van der Waals surface area contributed by atoms with Crippen molar-refractivity contribution in [2.45, 2.75) is 72.1 Å². The Morgan fingerprint density at radius 1 is 1.31 bits per heavy atom. The maximum absolute atomic E-state index is 12.7. The minimum absolute atomic E-state index is 0.00536. The van der Waals surface area contributed by atoms with Gasteiger partial charge in [0.15, 0.2) is 5.15 Å². The van der Waals surface area contributed by atoms with Gasteiger partial charge in [0.2, 0.25) is 5.95 Å². The zero-order valence-electron chi connectivity index (χ0n) is 17.7. The summed E-state index contributed by atoms with van der Waals surface area (Å²) >= 11 is 12.2. The molecule has 1 fully saturated rings. The van der Waals surface area contributed by atoms with Gasteiger partial charge in [-0.15, -0.1) is 0 Å². The van der Waals surface area contributed by atoms with E-state index in [4.69, 9.17) is 27.9 Å². The number of anilines is 1. The molecule has 1 aromatic heterocycles. The van der Waals surface area contributed by atoms with Crippen LogP contribution in [0, 0.1) is 0 Å². The number of nitrogens with zero attached hydrogens (tertiary/aromatic N) is 3. The molecular formula is C20H30Cl2N4O3. The Hall–Kier alpha value is -1.73. The first-order valence-electron chi connectivity index (χ1n) is 9.90. The van der Waals surface area contributed by atoms with Crippen LogP contribution in [0.4, 0.5) is 10.7 Å². The molecule has 2 rings (SSSR count). The van der Waals surface area contributed by atoms with Crippen molar-refractivity contribution >= 4 is 35.2 Å². The zero-order chi connectivity index (χ0) is 21.8. The van der Waals surface area contributed by atoms with Crippen LogP contribution in [0.25, 0.3) is 0 Å². The Morgan fingerprint density at radius 3 is 2.45 bits per heavy atom. The van der Waals surface area contributed by atoms with E-state index in [1.807, 2.05) is 45.6 Å². The van der Waals surface area contributed by atoms with Crippen molar-refractivity contribution in [2.75, 3.05) is 18.0 Å². The molecule has 1 aromatic rings. The summed E-state index contributed by atoms with van der Waals surface area (Å²) in [6.07, 6.45) is 3.82. The van der Waals surface area contributed by atoms with Gasteiger partial charge in [-0.25, -0.2) is 9.78 Å². The van der Waals surface area contributed by atoms with Gasteiger partial charge in [0.25, 0.3) is 5.56 Å². The van der Waals surface area contributed by atoms with Crippen molar-refractivity contribution in [3.63, 3.8) is 0 Å². The number of allylic oxidation sites excluding steroid dienone is 2. The van der Waals surface area contributed by atoms with Crippen LogP contribution in [0.1, 0.15) is 53.9 Å². The Kier molecular flexibility index (Phi) is 8.00. The molecule has 0 aromatic carbocycles. The van der Waals surface area contributed by atoms with E-state index in [-0.39, 0.29) is 21.8 Å². The van der Waals surface area contributed by atoms with Gasteiger partial charge < -0.3 is 15.0 Å². The predicted molar refractivity (Wildman–Crippen MR) is 117 cm³/mol. The van der Waals surface area contributed by atoms with Crippen LogP contribution >= 0.6 is 23.2 Å². The van der Waals surface area contributed by atoms with Crippen LogP contribution in [0.3, 0.4) is 0 Å². The van der Waals surface area contributed by atoms with E-state index >= 15 is 0 Å². The summed E-state index contributed by atoms with van der Waals surface area (Å²) < 4.78 is 6.90. The highest BCUT2D eigenvalue weighted by Gasteiger charge is 2.27. The van der Waals surface area contributed by atoms with Gasteiger partial charge in [-0.2, -0.15) is 0 Å². The fourth-order valence-electron chi connectivity index (χ4n) is 3.19. The van der Waals surface area contributed by atoms with E-state index < -0.39 is 11.7 Å². The second kappa shape index (κ2) is 9.85. The largest absolute Gasteiger partial charge is 0.444 e. The lowest BCUT2D eigenvalue weighted by atomic mass is 10.1. The quantitative estimate of drug-likeness (QED) is 0.537. The second-order valence-corrected chi connectivity index (χ2v) is 8.85. The smallest absolute Gasteiger partial charge is 0.407 e. The average molecular weight is 445 g/mol. The Labute approximate surface area is 182 Å². The molecule has 9 heteroatoms. The van der Waals surface area contributed by atoms with Crippen molar-refractivity contribution in [1.82, 2.24) is 14.9 Å². The molecule has 0 radical (unpaired) electrons. The van der Waals surface area contributed by atoms with E-state index in [2.05, 4.69) is 10.3 Å². The van der Waals surface area contributed by atoms with Crippen molar-refractivity contribution in [3.05, 3.63) is 32.2 Å². The topological polar surface area (TPSA) is 76.5 Å². The third-order valence-electron chi connectivity index (χ3n) is 4.78. The summed E-state index contributed by atoms with van der Waals surface area (Å²) in [6.45, 7) is 11.2. The fraction of sp³-hybridized carbons (Fsp3) is 0.650. The van der Waals surface area contributed by atoms with Crippen molar-refractivity contribution in [2.24, 2.45) is 0 Å². The highest BCUT2D eigenvalue weighted by Crippen LogP contribution is 2.24. The average Bonchev–Trinajstić information content (AvgIpc) is 2.64. The van der Waals surface area contributed by atoms with Crippen LogP contribution in [0.5, 0.6) is 0 Å². The fourth-order valence-corrected chi connectivity index (χ4v) is 3.49. The zero-order valence-corrected chi connectivity index (χ0v) is 19.2. The number of hydrogen-bond acceptors (Lipinski definition) is 5. The molecular weight excluding hydrogens is 415 g/mol. The van der Waals surface area contributed by atoms with Crippen molar-refractivity contribution in [1.29, 1.82) is 0 Å². The van der Waals surface area contributed by atoms with E-state index in [1.165, 1.54) is 0 Å². The number of piperidine rings is 1. The van der Waals surface area contributed by atoms with E-state index in [1.54, 1.807) is 4.57 Å². The molecule has 0 unspecified atom stereocenters. The van der Waals surface area contributed by atoms with E-state index in [0.717, 1.165) is 12.0 Å². The molecule has 0 spiro atoms. The van der Waals surface area contributed by atoms with Gasteiger partial charge in [0.1, 0.15) is 10.6 Å². The second-order valence-electron chi connectivity index (χ2n) is 8.12. The number of hydrogen-bond donors (Lipinski definition) is 1. The van der Waals surface area contributed by atoms with E-state index in [0.29, 0.717) is 38.4 Å². The lowest BCUT2D eigenvalue weighted by Gasteiger charge is -2.34. The third kappa shape index (κ3) is 6.37. The molecule has 1 amide bonds. The minimum atomic E-state index is -0.533. The molecule has 0 saturated carbocycles. The van der Waals surface area contributed by atoms with Crippen LogP contribution in [-0.4, -0.2) is 40.4 Å². The van der Waals surface area contributed by atoms with Crippen LogP contribution in [0.2, 0.25) is 10.2 Å². The maximum atomic E-state index is 12.7. The number of aromatic nitrogens is 2. The maximum Gasteiger partial charge on any atom is 0.407 e. The molecule has 7 nitrogen and oxygen atoms in total. The third-order valence-corrected chi connectivity index (χ3v) is 5.49. The first-order valence-corrected chi connectivity index (χ1v) is 10.7. The van der Waals surface area contributed by atoms with Crippen molar-refractivity contribution in [3.8, 4) is 0 Å². The van der Waals surface area contributed by atoms with Crippen molar-refractivity contribution < 1.29 is 9.53 Å². The molecule has 2 heterocycles. The molecule has 1 N–H and O–H groups in total. The lowest BCUT2D eigenvalue weighted by molar-refractivity contribution is 0.0497. The highest BCUT2D eigenvalue weighted by molar-refractivity contribution is 6.41. The van der Waals surface area contributed by atoms with Crippen LogP contribution in [0.15, 0.2) is 16.4 Å². The van der Waals surface area contributed by atoms with Gasteiger partial charge in [-0.1, -0.05) is 41.8 Å². The molecule has 0 atom stereocenters. The summed E-state index contributed by atoms with van der Waals surface area (Å²) in [4.78, 5) is 31.2. The van der Waals surface area contributed by atoms with Gasteiger partial charge in [0, 0.05) is 19.1 Å². The Morgan fingerprint density at radius 2 is 1.93 bits per heavy atom. The SMILES string of the molecule is CC=C(CC)Cn1c(N2CCC(NC(=O)OC(C)(C)C)CC2)nc(Cl)c(Cl)c1=O. The molecule has 1 aliphatic heterocycles. The number of alkyl carbamates (subject to hydrolysis) is 1. The predicted octanol–water partition coefficient (Wildman–Crippen LogP) is 4.40. The van der Waals surface area contributed by atoms with Crippen LogP contribution in [-0.2, 0) is 11.3 Å². The number of nitrogens with one attached hydrogen (secondary N) is 1. The van der Waals surface area contributed by atoms with Gasteiger partial charge in [-0.3, -0.25) is 9.36 Å². The first kappa shape index (κ1) is 23.5. The number of carbonyl (C=O) groups is 1. The Bertz CT molecular complexity index is 822. The number of ether oxygens (including phenoxy) is 1. The van der Waals surface area contributed by atoms with Gasteiger partial charge >= 0.3 is 6.09 Å². The van der Waals surface area contributed by atoms with Crippen LogP contribution < -0.4 is 15.8 Å². The summed E-state index contributed by atoms with van der Waals surface area (Å²) in [5.74, 6) is 0.507. The first-order chi connectivity index (χ1) is 13.6. The van der Waals surface area contributed by atoms with Gasteiger partial charge in [0.05, 0.1) is 6.54 Å². The summed E-state index contributed by atoms with van der Waals surface area (Å²) in [5.41, 5.74) is 0.229. The number of rotatable bonds is 5. The number of halogens is 2. The summed E-state index contributed by atoms with van der Waals surface area (Å²) in [7, 11) is 0. The standard InChI is InChI=1S/C20H30Cl2N4O3/c1-6-13(7-2)12-26-17(27)15(21)16(22)24-18(26)25-10-8-14(9-11-25)23-19(28)29-20(3,4)5/h6,14H,7-12H2,1-5H3,(H,23,28). The number of amides is 1. The monoisotopic (exact) mass is 444 g/mol. The molecule has 162 valence electrons. The molecule has 29 heavy (non-hydrogen) atoms. The molecule has 0 aliphatic carbocycles. The molecule has 1 aliphatic rings. The minimum Gasteiger partial charge on any atom is -0.444 e. The molecule has 1 saturated heterocycles. The lowest BCUT2D eigenvalue weighted by Crippen LogP contribution is -2.47. The number of carbonyl (C=O) groups excluding carboxylic acids is 1. The summed E-state index contributed by atoms with van der Waals surface area (Å²) in [6, 6.07) is 0.00536. The molecule has 0 bridgehead atoms. The highest BCUT2D eigenvalue weighted by atomic mass is 35.5. The van der Waals surface area contributed by atoms with Gasteiger partial charge in [-0.05, 0) is 47.0 Å².